The monoisotopic (exact) mass is 238 g/mol. The van der Waals surface area contributed by atoms with Crippen molar-refractivity contribution in [2.24, 2.45) is 0 Å². The van der Waals surface area contributed by atoms with Crippen molar-refractivity contribution in [1.82, 2.24) is 5.32 Å². The van der Waals surface area contributed by atoms with Crippen molar-refractivity contribution in [2.75, 3.05) is 32.1 Å². The van der Waals surface area contributed by atoms with E-state index < -0.39 is 0 Å². The van der Waals surface area contributed by atoms with E-state index in [9.17, 15) is 4.39 Å². The minimum Gasteiger partial charge on any atom is -0.497 e. The predicted octanol–water partition coefficient (Wildman–Crippen LogP) is 2.02. The molecule has 1 aromatic rings. The van der Waals surface area contributed by atoms with E-state index in [1.807, 2.05) is 13.1 Å². The van der Waals surface area contributed by atoms with Crippen LogP contribution in [0.1, 0.15) is 12.8 Å². The first-order valence-corrected chi connectivity index (χ1v) is 5.99. The van der Waals surface area contributed by atoms with E-state index in [1.54, 1.807) is 13.2 Å². The third kappa shape index (κ3) is 2.88. The molecule has 0 aromatic heterocycles. The van der Waals surface area contributed by atoms with Gasteiger partial charge in [-0.25, -0.2) is 4.39 Å². The molecule has 0 unspecified atom stereocenters. The Morgan fingerprint density at radius 3 is 2.59 bits per heavy atom. The highest BCUT2D eigenvalue weighted by Crippen LogP contribution is 2.25. The quantitative estimate of drug-likeness (QED) is 0.872. The second-order valence-electron chi connectivity index (χ2n) is 4.40. The zero-order valence-corrected chi connectivity index (χ0v) is 10.4. The van der Waals surface area contributed by atoms with Crippen LogP contribution in [0.2, 0.25) is 0 Å². The van der Waals surface area contributed by atoms with Crippen molar-refractivity contribution in [2.45, 2.75) is 18.9 Å². The molecule has 1 N–H and O–H groups in total. The molecule has 1 aliphatic rings. The minimum atomic E-state index is -0.241. The first-order chi connectivity index (χ1) is 8.22. The molecule has 1 heterocycles. The maximum atomic E-state index is 13.4. The number of piperidine rings is 1. The average molecular weight is 238 g/mol. The number of hydrogen-bond donors (Lipinski definition) is 1. The number of anilines is 1. The van der Waals surface area contributed by atoms with E-state index in [0.717, 1.165) is 31.6 Å². The molecule has 0 aliphatic carbocycles. The van der Waals surface area contributed by atoms with E-state index >= 15 is 0 Å². The number of rotatable bonds is 3. The summed E-state index contributed by atoms with van der Waals surface area (Å²) in [5.41, 5.74) is 0.913. The van der Waals surface area contributed by atoms with Gasteiger partial charge in [-0.05, 0) is 26.0 Å². The Bertz CT molecular complexity index is 376. The molecule has 0 saturated carbocycles. The Labute approximate surface area is 102 Å². The van der Waals surface area contributed by atoms with Gasteiger partial charge in [0.2, 0.25) is 0 Å². The largest absolute Gasteiger partial charge is 0.497 e. The highest BCUT2D eigenvalue weighted by Gasteiger charge is 2.18. The smallest absolute Gasteiger partial charge is 0.128 e. The third-order valence-corrected chi connectivity index (χ3v) is 3.36. The van der Waals surface area contributed by atoms with Crippen LogP contribution in [0.15, 0.2) is 18.2 Å². The van der Waals surface area contributed by atoms with Gasteiger partial charge in [-0.15, -0.1) is 0 Å². The van der Waals surface area contributed by atoms with Gasteiger partial charge in [0, 0.05) is 37.0 Å². The number of benzene rings is 1. The number of hydrogen-bond acceptors (Lipinski definition) is 3. The molecule has 0 atom stereocenters. The normalized spacial score (nSPS) is 17.2. The lowest BCUT2D eigenvalue weighted by molar-refractivity contribution is 0.410. The number of halogens is 1. The fourth-order valence-electron chi connectivity index (χ4n) is 2.27. The lowest BCUT2D eigenvalue weighted by atomic mass is 10.0. The van der Waals surface area contributed by atoms with Crippen LogP contribution in [0.25, 0.3) is 0 Å². The standard InChI is InChI=1S/C13H19FN2O/c1-15-11-3-5-16(6-4-11)12-7-10(14)8-13(9-12)17-2/h7-9,11,15H,3-6H2,1-2H3. The van der Waals surface area contributed by atoms with Crippen LogP contribution < -0.4 is 15.0 Å². The fourth-order valence-corrected chi connectivity index (χ4v) is 2.27. The maximum Gasteiger partial charge on any atom is 0.128 e. The lowest BCUT2D eigenvalue weighted by Crippen LogP contribution is -2.41. The summed E-state index contributed by atoms with van der Waals surface area (Å²) in [6.07, 6.45) is 2.19. The van der Waals surface area contributed by atoms with Crippen molar-refractivity contribution < 1.29 is 9.13 Å². The van der Waals surface area contributed by atoms with Gasteiger partial charge in [0.15, 0.2) is 0 Å². The molecule has 1 aliphatic heterocycles. The van der Waals surface area contributed by atoms with Gasteiger partial charge in [0.25, 0.3) is 0 Å². The summed E-state index contributed by atoms with van der Waals surface area (Å²) < 4.78 is 18.5. The second kappa shape index (κ2) is 5.36. The van der Waals surface area contributed by atoms with Gasteiger partial charge in [-0.3, -0.25) is 0 Å². The van der Waals surface area contributed by atoms with Crippen molar-refractivity contribution in [3.8, 4) is 5.75 Å². The molecule has 1 aromatic carbocycles. The van der Waals surface area contributed by atoms with E-state index in [0.29, 0.717) is 11.8 Å². The first-order valence-electron chi connectivity index (χ1n) is 5.99. The molecule has 1 fully saturated rings. The Morgan fingerprint density at radius 1 is 1.29 bits per heavy atom. The van der Waals surface area contributed by atoms with E-state index in [1.165, 1.54) is 6.07 Å². The van der Waals surface area contributed by atoms with Crippen molar-refractivity contribution in [1.29, 1.82) is 0 Å². The molecule has 17 heavy (non-hydrogen) atoms. The van der Waals surface area contributed by atoms with E-state index in [-0.39, 0.29) is 5.82 Å². The zero-order valence-electron chi connectivity index (χ0n) is 10.4. The highest BCUT2D eigenvalue weighted by atomic mass is 19.1. The molecular formula is C13H19FN2O. The van der Waals surface area contributed by atoms with Gasteiger partial charge in [0.1, 0.15) is 11.6 Å². The van der Waals surface area contributed by atoms with Gasteiger partial charge in [0.05, 0.1) is 7.11 Å². The van der Waals surface area contributed by atoms with Crippen molar-refractivity contribution in [3.63, 3.8) is 0 Å². The maximum absolute atomic E-state index is 13.4. The number of nitrogens with one attached hydrogen (secondary N) is 1. The van der Waals surface area contributed by atoms with Crippen LogP contribution >= 0.6 is 0 Å². The van der Waals surface area contributed by atoms with E-state index in [2.05, 4.69) is 10.2 Å². The Morgan fingerprint density at radius 2 is 2.00 bits per heavy atom. The molecule has 3 nitrogen and oxygen atoms in total. The van der Waals surface area contributed by atoms with Gasteiger partial charge in [-0.2, -0.15) is 0 Å². The number of nitrogens with zero attached hydrogens (tertiary/aromatic N) is 1. The minimum absolute atomic E-state index is 0.241. The summed E-state index contributed by atoms with van der Waals surface area (Å²) in [4.78, 5) is 2.21. The summed E-state index contributed by atoms with van der Waals surface area (Å²) in [5.74, 6) is 0.339. The molecule has 1 saturated heterocycles. The van der Waals surface area contributed by atoms with Gasteiger partial charge < -0.3 is 15.0 Å². The molecule has 94 valence electrons. The summed E-state index contributed by atoms with van der Waals surface area (Å²) >= 11 is 0. The molecular weight excluding hydrogens is 219 g/mol. The Hall–Kier alpha value is -1.29. The first kappa shape index (κ1) is 12.2. The summed E-state index contributed by atoms with van der Waals surface area (Å²) in [7, 11) is 3.55. The van der Waals surface area contributed by atoms with Gasteiger partial charge in [-0.1, -0.05) is 0 Å². The summed E-state index contributed by atoms with van der Waals surface area (Å²) in [6, 6.07) is 5.45. The molecule has 2 rings (SSSR count). The van der Waals surface area contributed by atoms with Crippen LogP contribution in [0.4, 0.5) is 10.1 Å². The molecule has 4 heteroatoms. The second-order valence-corrected chi connectivity index (χ2v) is 4.40. The number of ether oxygens (including phenoxy) is 1. The average Bonchev–Trinajstić information content (AvgIpc) is 2.38. The fraction of sp³-hybridized carbons (Fsp3) is 0.538. The van der Waals surface area contributed by atoms with Crippen molar-refractivity contribution in [3.05, 3.63) is 24.0 Å². The predicted molar refractivity (Wildman–Crippen MR) is 67.2 cm³/mol. The van der Waals surface area contributed by atoms with Crippen LogP contribution in [-0.2, 0) is 0 Å². The third-order valence-electron chi connectivity index (χ3n) is 3.36. The SMILES string of the molecule is CNC1CCN(c2cc(F)cc(OC)c2)CC1. The topological polar surface area (TPSA) is 24.5 Å². The van der Waals surface area contributed by atoms with Crippen molar-refractivity contribution >= 4 is 5.69 Å². The van der Waals surface area contributed by atoms with Crippen LogP contribution in [0.5, 0.6) is 5.75 Å². The number of methoxy groups -OCH3 is 1. The Balaban J connectivity index is 2.10. The van der Waals surface area contributed by atoms with E-state index in [4.69, 9.17) is 4.74 Å². The van der Waals surface area contributed by atoms with Crippen LogP contribution in [-0.4, -0.2) is 33.3 Å². The molecule has 0 radical (unpaired) electrons. The lowest BCUT2D eigenvalue weighted by Gasteiger charge is -2.33. The zero-order chi connectivity index (χ0) is 12.3. The molecule has 0 bridgehead atoms. The van der Waals surface area contributed by atoms with Crippen LogP contribution in [0.3, 0.4) is 0 Å². The summed E-state index contributed by atoms with van der Waals surface area (Å²) in [5, 5.41) is 3.28. The molecule has 0 spiro atoms. The van der Waals surface area contributed by atoms with Gasteiger partial charge >= 0.3 is 0 Å². The Kier molecular flexibility index (Phi) is 3.84. The van der Waals surface area contributed by atoms with Crippen LogP contribution in [0, 0.1) is 5.82 Å². The summed E-state index contributed by atoms with van der Waals surface area (Å²) in [6.45, 7) is 1.91. The highest BCUT2D eigenvalue weighted by molar-refractivity contribution is 5.51. The molecule has 0 amide bonds.